The number of amides is 1. The average Bonchev–Trinajstić information content (AvgIpc) is 2.36. The number of rotatable bonds is 4. The van der Waals surface area contributed by atoms with Gasteiger partial charge in [-0.2, -0.15) is 0 Å². The molecule has 2 N–H and O–H groups in total. The van der Waals surface area contributed by atoms with Crippen molar-refractivity contribution in [3.05, 3.63) is 35.4 Å². The molecule has 0 spiro atoms. The molecule has 1 aromatic carbocycles. The first-order valence-electron chi connectivity index (χ1n) is 5.65. The third-order valence-corrected chi connectivity index (χ3v) is 3.85. The van der Waals surface area contributed by atoms with E-state index in [0.29, 0.717) is 0 Å². The molecule has 1 rings (SSSR count). The van der Waals surface area contributed by atoms with Gasteiger partial charge in [0, 0.05) is 23.1 Å². The number of benzene rings is 1. The fourth-order valence-corrected chi connectivity index (χ4v) is 2.03. The van der Waals surface area contributed by atoms with Crippen molar-refractivity contribution < 1.29 is 23.1 Å². The summed E-state index contributed by atoms with van der Waals surface area (Å²) in [6.45, 7) is 2.71. The molecule has 6 nitrogen and oxygen atoms in total. The summed E-state index contributed by atoms with van der Waals surface area (Å²) in [6.07, 6.45) is 1.06. The molecule has 0 atom stereocenters. The summed E-state index contributed by atoms with van der Waals surface area (Å²) in [6, 6.07) is 5.75. The number of sulfone groups is 1. The minimum atomic E-state index is -3.37. The predicted octanol–water partition coefficient (Wildman–Crippen LogP) is 1.45. The van der Waals surface area contributed by atoms with Crippen LogP contribution in [0.5, 0.6) is 0 Å². The number of carboxylic acids is 1. The zero-order valence-electron chi connectivity index (χ0n) is 11.3. The van der Waals surface area contributed by atoms with Gasteiger partial charge in [-0.05, 0) is 32.0 Å². The quantitative estimate of drug-likeness (QED) is 0.819. The molecular weight excluding hydrogens is 282 g/mol. The van der Waals surface area contributed by atoms with Gasteiger partial charge in [-0.15, -0.1) is 0 Å². The minimum Gasteiger partial charge on any atom is -0.478 e. The number of carboxylic acid groups (broad SMARTS) is 1. The fourth-order valence-electron chi connectivity index (χ4n) is 1.36. The van der Waals surface area contributed by atoms with Crippen LogP contribution in [-0.2, 0) is 19.4 Å². The molecule has 108 valence electrons. The van der Waals surface area contributed by atoms with E-state index in [2.05, 4.69) is 5.32 Å². The maximum Gasteiger partial charge on any atom is 0.331 e. The highest BCUT2D eigenvalue weighted by Crippen LogP contribution is 2.16. The highest BCUT2D eigenvalue weighted by atomic mass is 32.2. The highest BCUT2D eigenvalue weighted by molar-refractivity contribution is 7.90. The van der Waals surface area contributed by atoms with Crippen LogP contribution in [0.4, 0.5) is 5.69 Å². The maximum atomic E-state index is 11.8. The smallest absolute Gasteiger partial charge is 0.331 e. The van der Waals surface area contributed by atoms with Crippen LogP contribution in [0.15, 0.2) is 40.3 Å². The summed E-state index contributed by atoms with van der Waals surface area (Å²) in [5.74, 6) is -1.77. The SMILES string of the molecule is CC(C(=O)O)=C(C)C(=O)Nc1cccc(S(C)(=O)=O)c1. The van der Waals surface area contributed by atoms with E-state index in [0.717, 1.165) is 6.26 Å². The van der Waals surface area contributed by atoms with E-state index in [4.69, 9.17) is 5.11 Å². The van der Waals surface area contributed by atoms with Gasteiger partial charge in [0.05, 0.1) is 4.90 Å². The predicted molar refractivity (Wildman–Crippen MR) is 74.2 cm³/mol. The second-order valence-electron chi connectivity index (χ2n) is 4.31. The lowest BCUT2D eigenvalue weighted by Gasteiger charge is -2.08. The number of carbonyl (C=O) groups excluding carboxylic acids is 1. The van der Waals surface area contributed by atoms with Crippen LogP contribution < -0.4 is 5.32 Å². The van der Waals surface area contributed by atoms with Gasteiger partial charge < -0.3 is 10.4 Å². The average molecular weight is 297 g/mol. The van der Waals surface area contributed by atoms with Crippen molar-refractivity contribution in [3.63, 3.8) is 0 Å². The van der Waals surface area contributed by atoms with Crippen molar-refractivity contribution in [2.45, 2.75) is 18.7 Å². The molecule has 0 unspecified atom stereocenters. The topological polar surface area (TPSA) is 101 Å². The van der Waals surface area contributed by atoms with E-state index < -0.39 is 21.7 Å². The molecule has 1 amide bonds. The minimum absolute atomic E-state index is 0.0576. The van der Waals surface area contributed by atoms with Gasteiger partial charge in [-0.3, -0.25) is 4.79 Å². The lowest BCUT2D eigenvalue weighted by Crippen LogP contribution is -2.16. The first-order chi connectivity index (χ1) is 9.12. The Kier molecular flexibility index (Phi) is 4.67. The normalized spacial score (nSPS) is 12.6. The third kappa shape index (κ3) is 3.92. The molecule has 0 aliphatic heterocycles. The molecule has 20 heavy (non-hydrogen) atoms. The Morgan fingerprint density at radius 3 is 2.25 bits per heavy atom. The number of hydrogen-bond donors (Lipinski definition) is 2. The molecular formula is C13H15NO5S. The van der Waals surface area contributed by atoms with E-state index >= 15 is 0 Å². The molecule has 0 saturated carbocycles. The van der Waals surface area contributed by atoms with E-state index in [9.17, 15) is 18.0 Å². The maximum absolute atomic E-state index is 11.8. The molecule has 0 heterocycles. The number of anilines is 1. The third-order valence-electron chi connectivity index (χ3n) is 2.74. The summed E-state index contributed by atoms with van der Waals surface area (Å²) in [5, 5.41) is 11.3. The van der Waals surface area contributed by atoms with Gasteiger partial charge >= 0.3 is 5.97 Å². The summed E-state index contributed by atoms with van der Waals surface area (Å²) in [7, 11) is -3.37. The molecule has 0 aliphatic rings. The standard InChI is InChI=1S/C13H15NO5S/c1-8(9(2)13(16)17)12(15)14-10-5-4-6-11(7-10)20(3,18)19/h4-7H,1-3H3,(H,14,15)(H,16,17). The number of aliphatic carboxylic acids is 1. The van der Waals surface area contributed by atoms with Gasteiger partial charge in [0.25, 0.3) is 5.91 Å². The second kappa shape index (κ2) is 5.87. The van der Waals surface area contributed by atoms with E-state index in [-0.39, 0.29) is 21.7 Å². The molecule has 0 saturated heterocycles. The molecule has 0 radical (unpaired) electrons. The second-order valence-corrected chi connectivity index (χ2v) is 6.33. The largest absolute Gasteiger partial charge is 0.478 e. The molecule has 7 heteroatoms. The Morgan fingerprint density at radius 1 is 1.15 bits per heavy atom. The zero-order chi connectivity index (χ0) is 15.5. The van der Waals surface area contributed by atoms with Crippen molar-refractivity contribution >= 4 is 27.4 Å². The number of carbonyl (C=O) groups is 2. The Bertz CT molecular complexity index is 688. The molecule has 0 aromatic heterocycles. The van der Waals surface area contributed by atoms with Crippen molar-refractivity contribution in [1.29, 1.82) is 0 Å². The van der Waals surface area contributed by atoms with E-state index in [1.54, 1.807) is 0 Å². The van der Waals surface area contributed by atoms with Gasteiger partial charge in [-0.25, -0.2) is 13.2 Å². The molecule has 0 bridgehead atoms. The lowest BCUT2D eigenvalue weighted by molar-refractivity contribution is -0.133. The van der Waals surface area contributed by atoms with Crippen LogP contribution in [0.3, 0.4) is 0 Å². The van der Waals surface area contributed by atoms with E-state index in [1.807, 2.05) is 0 Å². The van der Waals surface area contributed by atoms with Crippen molar-refractivity contribution in [2.24, 2.45) is 0 Å². The monoisotopic (exact) mass is 297 g/mol. The molecule has 0 fully saturated rings. The van der Waals surface area contributed by atoms with Crippen LogP contribution in [0.1, 0.15) is 13.8 Å². The van der Waals surface area contributed by atoms with Gasteiger partial charge in [0.1, 0.15) is 0 Å². The Balaban J connectivity index is 3.04. The van der Waals surface area contributed by atoms with Crippen molar-refractivity contribution in [3.8, 4) is 0 Å². The van der Waals surface area contributed by atoms with Crippen LogP contribution in [0, 0.1) is 0 Å². The highest BCUT2D eigenvalue weighted by Gasteiger charge is 2.14. The van der Waals surface area contributed by atoms with Crippen molar-refractivity contribution in [2.75, 3.05) is 11.6 Å². The first kappa shape index (κ1) is 15.9. The Labute approximate surface area is 117 Å². The Hall–Kier alpha value is -2.15. The number of nitrogens with one attached hydrogen (secondary N) is 1. The van der Waals surface area contributed by atoms with Crippen molar-refractivity contribution in [1.82, 2.24) is 0 Å². The van der Waals surface area contributed by atoms with Crippen LogP contribution in [-0.4, -0.2) is 31.7 Å². The van der Waals surface area contributed by atoms with Gasteiger partial charge in [0.15, 0.2) is 9.84 Å². The van der Waals surface area contributed by atoms with Gasteiger partial charge in [-0.1, -0.05) is 6.07 Å². The molecule has 1 aromatic rings. The fraction of sp³-hybridized carbons (Fsp3) is 0.231. The summed E-state index contributed by atoms with van der Waals surface area (Å²) < 4.78 is 22.8. The summed E-state index contributed by atoms with van der Waals surface area (Å²) in [4.78, 5) is 22.7. The van der Waals surface area contributed by atoms with E-state index in [1.165, 1.54) is 38.1 Å². The summed E-state index contributed by atoms with van der Waals surface area (Å²) in [5.41, 5.74) is 0.277. The van der Waals surface area contributed by atoms with Crippen LogP contribution in [0.2, 0.25) is 0 Å². The first-order valence-corrected chi connectivity index (χ1v) is 7.54. The van der Waals surface area contributed by atoms with Crippen LogP contribution in [0.25, 0.3) is 0 Å². The summed E-state index contributed by atoms with van der Waals surface area (Å²) >= 11 is 0. The number of hydrogen-bond acceptors (Lipinski definition) is 4. The Morgan fingerprint density at radius 2 is 1.75 bits per heavy atom. The van der Waals surface area contributed by atoms with Crippen LogP contribution >= 0.6 is 0 Å². The zero-order valence-corrected chi connectivity index (χ0v) is 12.1. The molecule has 0 aliphatic carbocycles. The lowest BCUT2D eigenvalue weighted by atomic mass is 10.1. The van der Waals surface area contributed by atoms with Gasteiger partial charge in [0.2, 0.25) is 0 Å².